The fourth-order valence-electron chi connectivity index (χ4n) is 5.34. The van der Waals surface area contributed by atoms with Gasteiger partial charge < -0.3 is 28.8 Å². The molecule has 326 valence electrons. The Kier molecular flexibility index (Phi) is 13.4. The molecular weight excluding hydrogens is 851 g/mol. The first kappa shape index (κ1) is 47.0. The van der Waals surface area contributed by atoms with Gasteiger partial charge in [-0.3, -0.25) is 0 Å². The zero-order valence-electron chi connectivity index (χ0n) is 30.3. The molecule has 1 heterocycles. The summed E-state index contributed by atoms with van der Waals surface area (Å²) in [7, 11) is 1.37. The number of alkyl halides is 15. The molecule has 0 fully saturated rings. The van der Waals surface area contributed by atoms with Crippen LogP contribution in [0.15, 0.2) is 101 Å². The highest BCUT2D eigenvalue weighted by Gasteiger charge is 2.74. The first-order valence-electron chi connectivity index (χ1n) is 16.5. The van der Waals surface area contributed by atoms with E-state index < -0.39 is 83.5 Å². The van der Waals surface area contributed by atoms with Crippen LogP contribution >= 0.6 is 0 Å². The van der Waals surface area contributed by atoms with Crippen LogP contribution in [0.4, 0.5) is 65.9 Å². The molecule has 0 saturated heterocycles. The third kappa shape index (κ3) is 10.0. The van der Waals surface area contributed by atoms with Crippen LogP contribution in [0.25, 0.3) is 11.5 Å². The fourth-order valence-corrected chi connectivity index (χ4v) is 5.34. The number of hydrogen-bond acceptors (Lipinski definition) is 7. The normalized spacial score (nSPS) is 13.1. The van der Waals surface area contributed by atoms with E-state index in [-0.39, 0.29) is 28.5 Å². The molecule has 0 atom stereocenters. The molecule has 2 N–H and O–H groups in total. The summed E-state index contributed by atoms with van der Waals surface area (Å²) in [5, 5.41) is 18.9. The molecule has 7 nitrogen and oxygen atoms in total. The van der Waals surface area contributed by atoms with Crippen molar-refractivity contribution in [3.63, 3.8) is 0 Å². The highest BCUT2D eigenvalue weighted by Crippen LogP contribution is 2.54. The third-order valence-corrected chi connectivity index (χ3v) is 8.44. The minimum atomic E-state index is -6.06. The number of benzene rings is 4. The quantitative estimate of drug-likeness (QED) is 0.135. The molecule has 0 unspecified atom stereocenters. The molecule has 0 spiro atoms. The second-order valence-electron chi connectivity index (χ2n) is 12.5. The van der Waals surface area contributed by atoms with Gasteiger partial charge in [-0.1, -0.05) is 42.5 Å². The van der Waals surface area contributed by atoms with Gasteiger partial charge >= 0.3 is 30.9 Å². The van der Waals surface area contributed by atoms with Crippen LogP contribution < -0.4 is 9.47 Å². The summed E-state index contributed by atoms with van der Waals surface area (Å²) < 4.78 is 218. The first-order chi connectivity index (χ1) is 27.5. The van der Waals surface area contributed by atoms with Crippen molar-refractivity contribution in [2.24, 2.45) is 0 Å². The van der Waals surface area contributed by atoms with E-state index in [1.165, 1.54) is 44.4 Å². The molecule has 4 aromatic carbocycles. The predicted molar refractivity (Wildman–Crippen MR) is 178 cm³/mol. The van der Waals surface area contributed by atoms with Crippen molar-refractivity contribution in [1.82, 2.24) is 4.98 Å². The lowest BCUT2D eigenvalue weighted by atomic mass is 9.91. The number of aliphatic hydroxyl groups is 1. The van der Waals surface area contributed by atoms with Gasteiger partial charge in [0.05, 0.1) is 19.3 Å². The Labute approximate surface area is 328 Å². The lowest BCUT2D eigenvalue weighted by Gasteiger charge is -2.37. The van der Waals surface area contributed by atoms with Crippen LogP contribution in [0.2, 0.25) is 0 Å². The number of ether oxygens (including phenoxy) is 3. The van der Waals surface area contributed by atoms with Gasteiger partial charge in [0, 0.05) is 16.7 Å². The van der Waals surface area contributed by atoms with E-state index >= 15 is 0 Å². The maximum Gasteiger partial charge on any atom is 0.430 e. The largest absolute Gasteiger partial charge is 0.508 e. The highest BCUT2D eigenvalue weighted by atomic mass is 19.4. The summed E-state index contributed by atoms with van der Waals surface area (Å²) in [4.78, 5) is 4.00. The lowest BCUT2D eigenvalue weighted by Crippen LogP contribution is -2.55. The van der Waals surface area contributed by atoms with Gasteiger partial charge in [0.15, 0.2) is 0 Å². The molecule has 5 rings (SSSR count). The number of aryl methyl sites for hydroxylation is 1. The number of methoxy groups -OCH3 is 1. The summed E-state index contributed by atoms with van der Waals surface area (Å²) >= 11 is 0. The second kappa shape index (κ2) is 17.1. The number of phenols is 1. The standard InChI is InChI=1S/C21H14F9NO3.C17H14F6O3/c1-11-16(31-17(34-11)12-4-2-6-14(8-12)19(22,23)24)10-33-15-7-3-5-13(9-15)18(32,20(25,26)27)21(28,29)30;1-25-14-7-5-11(6-8-14)10-26-15(16(18,19)20,17(21,22)23)12-3-2-4-13(24)9-12/h2-9,32H,10H2,1H3;2-9,24H,10H2,1H3. The number of rotatable bonds is 10. The third-order valence-electron chi connectivity index (χ3n) is 8.44. The minimum absolute atomic E-state index is 0.00779. The van der Waals surface area contributed by atoms with Crippen molar-refractivity contribution in [3.8, 4) is 28.7 Å². The average Bonchev–Trinajstić information content (AvgIpc) is 3.52. The van der Waals surface area contributed by atoms with E-state index in [0.717, 1.165) is 42.5 Å². The van der Waals surface area contributed by atoms with E-state index in [9.17, 15) is 76.1 Å². The molecule has 0 aliphatic heterocycles. The molecule has 60 heavy (non-hydrogen) atoms. The van der Waals surface area contributed by atoms with Gasteiger partial charge in [0.2, 0.25) is 5.89 Å². The van der Waals surface area contributed by atoms with Gasteiger partial charge in [0.25, 0.3) is 11.2 Å². The molecule has 22 heteroatoms. The Morgan fingerprint density at radius 2 is 1.15 bits per heavy atom. The lowest BCUT2D eigenvalue weighted by molar-refractivity contribution is -0.392. The smallest absolute Gasteiger partial charge is 0.430 e. The van der Waals surface area contributed by atoms with Crippen LogP contribution in [0.1, 0.15) is 33.7 Å². The fraction of sp³-hybridized carbons (Fsp3) is 0.289. The zero-order valence-corrected chi connectivity index (χ0v) is 30.3. The summed E-state index contributed by atoms with van der Waals surface area (Å²) in [6.45, 7) is -0.0574. The van der Waals surface area contributed by atoms with E-state index in [1.807, 2.05) is 0 Å². The van der Waals surface area contributed by atoms with E-state index in [4.69, 9.17) is 13.9 Å². The Bertz CT molecular complexity index is 2180. The van der Waals surface area contributed by atoms with Crippen LogP contribution in [-0.2, 0) is 35.3 Å². The van der Waals surface area contributed by atoms with Crippen molar-refractivity contribution in [1.29, 1.82) is 0 Å². The second-order valence-corrected chi connectivity index (χ2v) is 12.5. The summed E-state index contributed by atoms with van der Waals surface area (Å²) in [6, 6.07) is 15.0. The van der Waals surface area contributed by atoms with Crippen molar-refractivity contribution in [2.75, 3.05) is 7.11 Å². The molecule has 0 aliphatic carbocycles. The van der Waals surface area contributed by atoms with Gasteiger partial charge in [-0.2, -0.15) is 65.9 Å². The van der Waals surface area contributed by atoms with Crippen molar-refractivity contribution in [3.05, 3.63) is 131 Å². The minimum Gasteiger partial charge on any atom is -0.508 e. The molecule has 1 aromatic heterocycles. The van der Waals surface area contributed by atoms with Gasteiger partial charge in [-0.25, -0.2) is 4.98 Å². The molecule has 0 saturated carbocycles. The van der Waals surface area contributed by atoms with Crippen LogP contribution in [0.3, 0.4) is 0 Å². The zero-order chi connectivity index (χ0) is 45.1. The SMILES string of the molecule is COc1ccc(COC(c2cccc(O)c2)(C(F)(F)F)C(F)(F)F)cc1.Cc1oc(-c2cccc(C(F)(F)F)c2)nc1COc1cccc(C(O)(C(F)(F)F)C(F)(F)F)c1. The van der Waals surface area contributed by atoms with Crippen LogP contribution in [0.5, 0.6) is 17.2 Å². The van der Waals surface area contributed by atoms with Crippen molar-refractivity contribution in [2.45, 2.75) is 62.2 Å². The molecule has 0 amide bonds. The monoisotopic (exact) mass is 879 g/mol. The van der Waals surface area contributed by atoms with Crippen molar-refractivity contribution >= 4 is 0 Å². The Morgan fingerprint density at radius 3 is 1.68 bits per heavy atom. The number of aromatic nitrogens is 1. The maximum absolute atomic E-state index is 13.6. The van der Waals surface area contributed by atoms with Gasteiger partial charge in [0.1, 0.15) is 35.3 Å². The summed E-state index contributed by atoms with van der Waals surface area (Å²) in [5.74, 6) is -0.898. The van der Waals surface area contributed by atoms with E-state index in [2.05, 4.69) is 9.72 Å². The number of nitrogens with zero attached hydrogens (tertiary/aromatic N) is 1. The summed E-state index contributed by atoms with van der Waals surface area (Å²) in [5.41, 5.74) is -13.3. The molecule has 5 aromatic rings. The summed E-state index contributed by atoms with van der Waals surface area (Å²) in [6.07, 6.45) is -28.4. The van der Waals surface area contributed by atoms with Crippen LogP contribution in [-0.4, -0.2) is 47.0 Å². The first-order valence-corrected chi connectivity index (χ1v) is 16.5. The van der Waals surface area contributed by atoms with E-state index in [0.29, 0.717) is 30.0 Å². The molecule has 0 radical (unpaired) electrons. The Morgan fingerprint density at radius 1 is 0.600 bits per heavy atom. The average molecular weight is 880 g/mol. The number of halogens is 15. The topological polar surface area (TPSA) is 94.2 Å². The van der Waals surface area contributed by atoms with Gasteiger partial charge in [-0.05, 0) is 67.1 Å². The van der Waals surface area contributed by atoms with Gasteiger partial charge in [-0.15, -0.1) is 0 Å². The van der Waals surface area contributed by atoms with Crippen molar-refractivity contribution < 1.29 is 94.7 Å². The Balaban J connectivity index is 0.000000275. The number of hydrogen-bond donors (Lipinski definition) is 2. The number of phenolic OH excluding ortho intramolecular Hbond substituents is 1. The predicted octanol–water partition coefficient (Wildman–Crippen LogP) is 11.5. The maximum atomic E-state index is 13.6. The molecular formula is C38H28F15NO6. The molecule has 0 bridgehead atoms. The van der Waals surface area contributed by atoms with Crippen LogP contribution in [0, 0.1) is 6.92 Å². The molecule has 0 aliphatic rings. The van der Waals surface area contributed by atoms with E-state index in [1.54, 1.807) is 0 Å². The Hall–Kier alpha value is -5.64. The number of oxazole rings is 1. The number of aromatic hydroxyl groups is 1. The highest BCUT2D eigenvalue weighted by molar-refractivity contribution is 5.55.